The van der Waals surface area contributed by atoms with E-state index < -0.39 is 4.92 Å². The van der Waals surface area contributed by atoms with E-state index in [9.17, 15) is 10.1 Å². The van der Waals surface area contributed by atoms with Crippen LogP contribution < -0.4 is 5.32 Å². The lowest BCUT2D eigenvalue weighted by Crippen LogP contribution is -1.98. The molecule has 1 aromatic rings. The Bertz CT molecular complexity index is 427. The van der Waals surface area contributed by atoms with Crippen molar-refractivity contribution in [3.8, 4) is 0 Å². The van der Waals surface area contributed by atoms with Gasteiger partial charge in [0.15, 0.2) is 0 Å². The van der Waals surface area contributed by atoms with Crippen LogP contribution >= 0.6 is 0 Å². The van der Waals surface area contributed by atoms with E-state index in [2.05, 4.69) is 23.6 Å². The Kier molecular flexibility index (Phi) is 3.17. The summed E-state index contributed by atoms with van der Waals surface area (Å²) in [5, 5.41) is 13.6. The largest absolute Gasteiger partial charge is 0.383 e. The zero-order valence-electron chi connectivity index (χ0n) is 8.36. The molecule has 0 aliphatic heterocycles. The van der Waals surface area contributed by atoms with E-state index in [4.69, 9.17) is 0 Å². The zero-order valence-corrected chi connectivity index (χ0v) is 8.36. The molecule has 1 N–H and O–H groups in total. The summed E-state index contributed by atoms with van der Waals surface area (Å²) in [6.07, 6.45) is 1.41. The van der Waals surface area contributed by atoms with Gasteiger partial charge in [0.2, 0.25) is 0 Å². The summed E-state index contributed by atoms with van der Waals surface area (Å²) in [5.41, 5.74) is 1.23. The smallest absolute Gasteiger partial charge is 0.301 e. The molecular formula is C10H11N3O2. The van der Waals surface area contributed by atoms with Gasteiger partial charge in [0, 0.05) is 7.05 Å². The van der Waals surface area contributed by atoms with Gasteiger partial charge in [-0.15, -0.1) is 0 Å². The first-order valence-corrected chi connectivity index (χ1v) is 4.24. The molecule has 0 bridgehead atoms. The molecule has 5 heteroatoms. The standard InChI is InChI=1S/C10H11N3O2/c1-4-7-8(11-2)5-6-9(12-3)10(7)13(14)15/h4-6,12H,1-2H2,3H3. The second-order valence-corrected chi connectivity index (χ2v) is 2.76. The molecule has 0 heterocycles. The molecule has 0 saturated carbocycles. The minimum absolute atomic E-state index is 0.0302. The van der Waals surface area contributed by atoms with E-state index in [1.54, 1.807) is 19.2 Å². The summed E-state index contributed by atoms with van der Waals surface area (Å²) in [5.74, 6) is 0. The Morgan fingerprint density at radius 3 is 2.67 bits per heavy atom. The number of nitro groups is 1. The number of nitro benzene ring substituents is 1. The van der Waals surface area contributed by atoms with Crippen molar-refractivity contribution in [3.05, 3.63) is 34.4 Å². The highest BCUT2D eigenvalue weighted by molar-refractivity contribution is 5.81. The number of nitrogens with zero attached hydrogens (tertiary/aromatic N) is 2. The molecule has 0 amide bonds. The van der Waals surface area contributed by atoms with Crippen molar-refractivity contribution in [2.45, 2.75) is 0 Å². The fourth-order valence-electron chi connectivity index (χ4n) is 1.33. The molecule has 1 aromatic carbocycles. The number of aliphatic imine (C=N–C) groups is 1. The molecule has 0 aromatic heterocycles. The van der Waals surface area contributed by atoms with E-state index in [-0.39, 0.29) is 5.69 Å². The zero-order chi connectivity index (χ0) is 11.4. The van der Waals surface area contributed by atoms with Crippen LogP contribution in [-0.2, 0) is 0 Å². The quantitative estimate of drug-likeness (QED) is 0.466. The van der Waals surface area contributed by atoms with Crippen LogP contribution in [0.1, 0.15) is 5.56 Å². The first-order valence-electron chi connectivity index (χ1n) is 4.24. The lowest BCUT2D eigenvalue weighted by atomic mass is 10.1. The number of hydrogen-bond donors (Lipinski definition) is 1. The van der Waals surface area contributed by atoms with E-state index in [1.807, 2.05) is 0 Å². The van der Waals surface area contributed by atoms with E-state index in [0.717, 1.165) is 0 Å². The summed E-state index contributed by atoms with van der Waals surface area (Å²) >= 11 is 0. The predicted molar refractivity (Wildman–Crippen MR) is 61.9 cm³/mol. The molecule has 0 atom stereocenters. The maximum absolute atomic E-state index is 10.9. The maximum Gasteiger partial charge on any atom is 0.301 e. The van der Waals surface area contributed by atoms with Gasteiger partial charge in [-0.2, -0.15) is 0 Å². The van der Waals surface area contributed by atoms with E-state index in [1.165, 1.54) is 6.08 Å². The molecule has 0 saturated heterocycles. The highest BCUT2D eigenvalue weighted by Gasteiger charge is 2.19. The highest BCUT2D eigenvalue weighted by Crippen LogP contribution is 2.35. The lowest BCUT2D eigenvalue weighted by Gasteiger charge is -2.06. The van der Waals surface area contributed by atoms with Crippen molar-refractivity contribution in [1.82, 2.24) is 0 Å². The molecule has 0 radical (unpaired) electrons. The lowest BCUT2D eigenvalue weighted by molar-refractivity contribution is -0.384. The fraction of sp³-hybridized carbons (Fsp3) is 0.100. The van der Waals surface area contributed by atoms with Crippen molar-refractivity contribution in [2.24, 2.45) is 4.99 Å². The van der Waals surface area contributed by atoms with Crippen LogP contribution in [0.15, 0.2) is 23.7 Å². The Labute approximate surface area is 87.3 Å². The van der Waals surface area contributed by atoms with Gasteiger partial charge in [-0.1, -0.05) is 12.7 Å². The summed E-state index contributed by atoms with van der Waals surface area (Å²) in [4.78, 5) is 14.1. The third kappa shape index (κ3) is 1.85. The molecule has 0 unspecified atom stereocenters. The summed E-state index contributed by atoms with van der Waals surface area (Å²) in [6, 6.07) is 3.25. The average Bonchev–Trinajstić information content (AvgIpc) is 2.26. The normalized spacial score (nSPS) is 9.40. The molecule has 78 valence electrons. The Hall–Kier alpha value is -2.17. The highest BCUT2D eigenvalue weighted by atomic mass is 16.6. The number of nitrogens with one attached hydrogen (secondary N) is 1. The van der Waals surface area contributed by atoms with Crippen LogP contribution in [0, 0.1) is 10.1 Å². The van der Waals surface area contributed by atoms with Crippen LogP contribution in [-0.4, -0.2) is 18.7 Å². The van der Waals surface area contributed by atoms with Crippen LogP contribution in [0.4, 0.5) is 17.1 Å². The third-order valence-corrected chi connectivity index (χ3v) is 2.02. The van der Waals surface area contributed by atoms with Gasteiger partial charge in [-0.3, -0.25) is 15.1 Å². The molecule has 5 nitrogen and oxygen atoms in total. The van der Waals surface area contributed by atoms with Gasteiger partial charge in [0.05, 0.1) is 16.2 Å². The van der Waals surface area contributed by atoms with Crippen LogP contribution in [0.5, 0.6) is 0 Å². The van der Waals surface area contributed by atoms with Gasteiger partial charge in [-0.05, 0) is 18.9 Å². The number of rotatable bonds is 4. The number of benzene rings is 1. The molecule has 15 heavy (non-hydrogen) atoms. The number of hydrogen-bond acceptors (Lipinski definition) is 4. The van der Waals surface area contributed by atoms with Crippen LogP contribution in [0.2, 0.25) is 0 Å². The average molecular weight is 205 g/mol. The molecule has 1 rings (SSSR count). The minimum atomic E-state index is -0.461. The topological polar surface area (TPSA) is 67.5 Å². The Morgan fingerprint density at radius 2 is 2.27 bits per heavy atom. The van der Waals surface area contributed by atoms with Crippen molar-refractivity contribution < 1.29 is 4.92 Å². The van der Waals surface area contributed by atoms with Gasteiger partial charge < -0.3 is 5.32 Å². The Balaban J connectivity index is 3.58. The second-order valence-electron chi connectivity index (χ2n) is 2.76. The molecule has 0 aliphatic carbocycles. The third-order valence-electron chi connectivity index (χ3n) is 2.02. The fourth-order valence-corrected chi connectivity index (χ4v) is 1.33. The first kappa shape index (κ1) is 10.9. The van der Waals surface area contributed by atoms with Gasteiger partial charge in [0.1, 0.15) is 5.69 Å². The van der Waals surface area contributed by atoms with Gasteiger partial charge in [-0.25, -0.2) is 0 Å². The molecule has 0 aliphatic rings. The maximum atomic E-state index is 10.9. The van der Waals surface area contributed by atoms with Gasteiger partial charge >= 0.3 is 5.69 Å². The summed E-state index contributed by atoms with van der Waals surface area (Å²) in [6.45, 7) is 6.89. The van der Waals surface area contributed by atoms with Crippen LogP contribution in [0.3, 0.4) is 0 Å². The van der Waals surface area contributed by atoms with Crippen molar-refractivity contribution in [2.75, 3.05) is 12.4 Å². The number of anilines is 1. The van der Waals surface area contributed by atoms with E-state index in [0.29, 0.717) is 16.9 Å². The van der Waals surface area contributed by atoms with E-state index >= 15 is 0 Å². The summed E-state index contributed by atoms with van der Waals surface area (Å²) < 4.78 is 0. The Morgan fingerprint density at radius 1 is 1.60 bits per heavy atom. The van der Waals surface area contributed by atoms with Crippen molar-refractivity contribution in [1.29, 1.82) is 0 Å². The van der Waals surface area contributed by atoms with Crippen molar-refractivity contribution in [3.63, 3.8) is 0 Å². The first-order chi connectivity index (χ1) is 7.15. The monoisotopic (exact) mass is 205 g/mol. The van der Waals surface area contributed by atoms with Crippen molar-refractivity contribution >= 4 is 29.9 Å². The van der Waals surface area contributed by atoms with Gasteiger partial charge in [0.25, 0.3) is 0 Å². The molecule has 0 fully saturated rings. The summed E-state index contributed by atoms with van der Waals surface area (Å²) in [7, 11) is 1.62. The molecule has 0 spiro atoms. The molecular weight excluding hydrogens is 194 g/mol. The predicted octanol–water partition coefficient (Wildman–Crippen LogP) is 2.61. The van der Waals surface area contributed by atoms with Crippen LogP contribution in [0.25, 0.3) is 6.08 Å². The minimum Gasteiger partial charge on any atom is -0.383 e. The second kappa shape index (κ2) is 4.36. The SMILES string of the molecule is C=Cc1c(N=C)ccc(NC)c1[N+](=O)[O-].